The van der Waals surface area contributed by atoms with E-state index in [9.17, 15) is 4.79 Å². The SMILES string of the molecule is CC.COC(C)(C)C.NC1=C(Cl)C=CCC(C2C=NN(CC=O)CC2)=C1. The molecule has 1 unspecified atom stereocenters. The average molecular weight is 384 g/mol. The Morgan fingerprint density at radius 1 is 1.42 bits per heavy atom. The van der Waals surface area contributed by atoms with Crippen LogP contribution in [0.4, 0.5) is 0 Å². The van der Waals surface area contributed by atoms with Gasteiger partial charge in [0.25, 0.3) is 0 Å². The lowest BCUT2D eigenvalue weighted by Gasteiger charge is -2.26. The highest BCUT2D eigenvalue weighted by molar-refractivity contribution is 6.31. The summed E-state index contributed by atoms with van der Waals surface area (Å²) in [6.07, 6.45) is 10.3. The molecule has 0 amide bonds. The molecule has 1 heterocycles. The largest absolute Gasteiger partial charge is 0.398 e. The number of hydrazone groups is 1. The predicted octanol–water partition coefficient (Wildman–Crippen LogP) is 4.25. The molecule has 0 aromatic heterocycles. The molecule has 0 saturated carbocycles. The number of nitrogens with two attached hydrogens (primary N) is 1. The van der Waals surface area contributed by atoms with Gasteiger partial charge in [0.1, 0.15) is 6.29 Å². The molecule has 0 aromatic rings. The second-order valence-electron chi connectivity index (χ2n) is 6.68. The van der Waals surface area contributed by atoms with Crippen LogP contribution in [0.2, 0.25) is 0 Å². The molecular weight excluding hydrogens is 350 g/mol. The number of nitrogens with zero attached hydrogens (tertiary/aromatic N) is 2. The zero-order valence-corrected chi connectivity index (χ0v) is 17.7. The van der Waals surface area contributed by atoms with Crippen LogP contribution in [-0.2, 0) is 9.53 Å². The zero-order chi connectivity index (χ0) is 20.2. The molecule has 1 aliphatic carbocycles. The molecule has 1 atom stereocenters. The molecule has 2 N–H and O–H groups in total. The summed E-state index contributed by atoms with van der Waals surface area (Å²) in [7, 11) is 1.71. The van der Waals surface area contributed by atoms with Crippen LogP contribution >= 0.6 is 11.6 Å². The third-order valence-electron chi connectivity index (χ3n) is 3.72. The minimum atomic E-state index is 0.0417. The molecule has 6 heteroatoms. The molecule has 0 saturated heterocycles. The van der Waals surface area contributed by atoms with E-state index in [1.807, 2.05) is 59.1 Å². The lowest BCUT2D eigenvalue weighted by atomic mass is 9.93. The summed E-state index contributed by atoms with van der Waals surface area (Å²) < 4.78 is 4.94. The topological polar surface area (TPSA) is 67.9 Å². The number of ether oxygens (including phenoxy) is 1. The highest BCUT2D eigenvalue weighted by Crippen LogP contribution is 2.26. The second kappa shape index (κ2) is 12.7. The van der Waals surface area contributed by atoms with Gasteiger partial charge < -0.3 is 15.3 Å². The van der Waals surface area contributed by atoms with Gasteiger partial charge in [0.05, 0.1) is 22.9 Å². The highest BCUT2D eigenvalue weighted by Gasteiger charge is 2.18. The molecule has 148 valence electrons. The highest BCUT2D eigenvalue weighted by atomic mass is 35.5. The molecule has 0 bridgehead atoms. The summed E-state index contributed by atoms with van der Waals surface area (Å²) in [6.45, 7) is 11.2. The number of methoxy groups -OCH3 is 1. The fraction of sp³-hybridized carbons (Fsp3) is 0.600. The van der Waals surface area contributed by atoms with E-state index in [0.717, 1.165) is 25.7 Å². The van der Waals surface area contributed by atoms with Gasteiger partial charge in [-0.1, -0.05) is 37.1 Å². The van der Waals surface area contributed by atoms with Crippen LogP contribution in [0.1, 0.15) is 47.5 Å². The van der Waals surface area contributed by atoms with E-state index in [4.69, 9.17) is 22.1 Å². The Morgan fingerprint density at radius 2 is 2.04 bits per heavy atom. The molecule has 0 fully saturated rings. The van der Waals surface area contributed by atoms with Crippen molar-refractivity contribution in [3.8, 4) is 0 Å². The van der Waals surface area contributed by atoms with Crippen LogP contribution in [0, 0.1) is 5.92 Å². The van der Waals surface area contributed by atoms with Crippen molar-refractivity contribution in [2.24, 2.45) is 16.8 Å². The Bertz CT molecular complexity index is 546. The van der Waals surface area contributed by atoms with E-state index < -0.39 is 0 Å². The third-order valence-corrected chi connectivity index (χ3v) is 4.06. The van der Waals surface area contributed by atoms with Gasteiger partial charge in [-0.2, -0.15) is 5.10 Å². The van der Waals surface area contributed by atoms with Gasteiger partial charge in [-0.15, -0.1) is 0 Å². The van der Waals surface area contributed by atoms with Crippen molar-refractivity contribution < 1.29 is 9.53 Å². The molecule has 1 aliphatic heterocycles. The first kappa shape index (κ1) is 24.4. The van der Waals surface area contributed by atoms with Gasteiger partial charge >= 0.3 is 0 Å². The molecular formula is C20H34ClN3O2. The maximum Gasteiger partial charge on any atom is 0.141 e. The minimum Gasteiger partial charge on any atom is -0.398 e. The summed E-state index contributed by atoms with van der Waals surface area (Å²) in [5, 5.41) is 6.62. The Kier molecular flexibility index (Phi) is 11.9. The van der Waals surface area contributed by atoms with Crippen LogP contribution in [0.25, 0.3) is 0 Å². The number of hydrogen-bond donors (Lipinski definition) is 1. The summed E-state index contributed by atoms with van der Waals surface area (Å²) in [5.74, 6) is 0.277. The number of aldehydes is 1. The van der Waals surface area contributed by atoms with Gasteiger partial charge in [0.2, 0.25) is 0 Å². The monoisotopic (exact) mass is 383 g/mol. The van der Waals surface area contributed by atoms with Crippen molar-refractivity contribution >= 4 is 24.1 Å². The van der Waals surface area contributed by atoms with Gasteiger partial charge in [-0.05, 0) is 45.8 Å². The van der Waals surface area contributed by atoms with Crippen LogP contribution in [0.3, 0.4) is 0 Å². The normalized spacial score (nSPS) is 19.6. The van der Waals surface area contributed by atoms with Gasteiger partial charge in [-0.25, -0.2) is 0 Å². The van der Waals surface area contributed by atoms with E-state index in [0.29, 0.717) is 17.3 Å². The first-order chi connectivity index (χ1) is 12.3. The molecule has 5 nitrogen and oxygen atoms in total. The molecule has 2 rings (SSSR count). The maximum absolute atomic E-state index is 10.4. The Hall–Kier alpha value is -1.59. The summed E-state index contributed by atoms with van der Waals surface area (Å²) in [5.41, 5.74) is 7.73. The smallest absolute Gasteiger partial charge is 0.141 e. The van der Waals surface area contributed by atoms with E-state index in [1.165, 1.54) is 5.57 Å². The van der Waals surface area contributed by atoms with Crippen LogP contribution in [0.15, 0.2) is 39.6 Å². The van der Waals surface area contributed by atoms with Crippen molar-refractivity contribution in [3.05, 3.63) is 34.5 Å². The van der Waals surface area contributed by atoms with E-state index in [-0.39, 0.29) is 11.5 Å². The number of allylic oxidation sites excluding steroid dienone is 5. The standard InChI is InChI=1S/C13H16ClN3O.C5H12O.C2H6/c14-12-3-1-2-10(8-13(12)15)11-4-5-17(6-7-18)16-9-11;1-5(2,3)6-4;1-2/h1,3,7-9,11H,2,4-6,15H2;1-4H3;1-2H3. The number of halogens is 1. The Labute approximate surface area is 163 Å². The van der Waals surface area contributed by atoms with Crippen molar-refractivity contribution in [2.75, 3.05) is 20.2 Å². The van der Waals surface area contributed by atoms with Crippen molar-refractivity contribution in [3.63, 3.8) is 0 Å². The number of hydrogen-bond acceptors (Lipinski definition) is 5. The summed E-state index contributed by atoms with van der Waals surface area (Å²) in [4.78, 5) is 10.4. The van der Waals surface area contributed by atoms with Crippen molar-refractivity contribution in [2.45, 2.75) is 53.1 Å². The molecule has 0 aromatic carbocycles. The molecule has 0 radical (unpaired) electrons. The number of rotatable bonds is 3. The van der Waals surface area contributed by atoms with E-state index in [2.05, 4.69) is 5.10 Å². The fourth-order valence-electron chi connectivity index (χ4n) is 2.08. The molecule has 0 spiro atoms. The molecule has 26 heavy (non-hydrogen) atoms. The zero-order valence-electron chi connectivity index (χ0n) is 17.0. The van der Waals surface area contributed by atoms with Crippen LogP contribution < -0.4 is 5.73 Å². The number of carbonyl (C=O) groups is 1. The maximum atomic E-state index is 10.4. The van der Waals surface area contributed by atoms with Gasteiger partial charge in [0, 0.05) is 25.8 Å². The lowest BCUT2D eigenvalue weighted by molar-refractivity contribution is -0.108. The Balaban J connectivity index is 0.000000667. The molecule has 2 aliphatic rings. The third kappa shape index (κ3) is 9.78. The first-order valence-electron chi connectivity index (χ1n) is 9.07. The summed E-state index contributed by atoms with van der Waals surface area (Å²) >= 11 is 5.98. The van der Waals surface area contributed by atoms with Gasteiger partial charge in [0.15, 0.2) is 0 Å². The Morgan fingerprint density at radius 3 is 2.50 bits per heavy atom. The lowest BCUT2D eigenvalue weighted by Crippen LogP contribution is -2.29. The van der Waals surface area contributed by atoms with E-state index in [1.54, 1.807) is 12.1 Å². The first-order valence-corrected chi connectivity index (χ1v) is 9.44. The predicted molar refractivity (Wildman–Crippen MR) is 111 cm³/mol. The number of carbonyl (C=O) groups excluding carboxylic acids is 1. The van der Waals surface area contributed by atoms with Crippen LogP contribution in [0.5, 0.6) is 0 Å². The second-order valence-corrected chi connectivity index (χ2v) is 7.09. The fourth-order valence-corrected chi connectivity index (χ4v) is 2.23. The quantitative estimate of drug-likeness (QED) is 0.740. The van der Waals surface area contributed by atoms with Gasteiger partial charge in [-0.3, -0.25) is 5.01 Å². The van der Waals surface area contributed by atoms with Crippen molar-refractivity contribution in [1.29, 1.82) is 0 Å². The van der Waals surface area contributed by atoms with Crippen LogP contribution in [-0.4, -0.2) is 43.3 Å². The van der Waals surface area contributed by atoms with E-state index >= 15 is 0 Å². The minimum absolute atomic E-state index is 0.0417. The van der Waals surface area contributed by atoms with Crippen molar-refractivity contribution in [1.82, 2.24) is 5.01 Å². The average Bonchev–Trinajstić information content (AvgIpc) is 2.79. The summed E-state index contributed by atoms with van der Waals surface area (Å²) in [6, 6.07) is 0.